The monoisotopic (exact) mass is 349 g/mol. The van der Waals surface area contributed by atoms with Crippen LogP contribution in [0, 0.1) is 6.92 Å². The Morgan fingerprint density at radius 1 is 1.23 bits per heavy atom. The van der Waals surface area contributed by atoms with E-state index in [0.29, 0.717) is 17.7 Å². The molecular formula is C21H23N3O2. The number of carbonyl (C=O) groups is 1. The highest BCUT2D eigenvalue weighted by molar-refractivity contribution is 5.93. The van der Waals surface area contributed by atoms with E-state index >= 15 is 0 Å². The number of rotatable bonds is 6. The van der Waals surface area contributed by atoms with E-state index in [1.54, 1.807) is 29.4 Å². The molecule has 3 rings (SSSR count). The average molecular weight is 349 g/mol. The average Bonchev–Trinajstić information content (AvgIpc) is 2.66. The predicted molar refractivity (Wildman–Crippen MR) is 103 cm³/mol. The molecule has 0 radical (unpaired) electrons. The SMILES string of the molecule is CCCCN(Cc1cc2cc(C)ccc2[nH]c1=O)C(=O)c1cccnc1. The van der Waals surface area contributed by atoms with Gasteiger partial charge in [-0.25, -0.2) is 0 Å². The third-order valence-electron chi connectivity index (χ3n) is 4.42. The molecule has 134 valence electrons. The van der Waals surface area contributed by atoms with Gasteiger partial charge in [0, 0.05) is 30.0 Å². The number of unbranched alkanes of at least 4 members (excludes halogenated alkanes) is 1. The number of hydrogen-bond donors (Lipinski definition) is 1. The van der Waals surface area contributed by atoms with Crippen LogP contribution in [-0.2, 0) is 6.54 Å². The molecule has 0 saturated carbocycles. The minimum Gasteiger partial charge on any atom is -0.334 e. The maximum atomic E-state index is 12.9. The molecule has 2 heterocycles. The zero-order valence-electron chi connectivity index (χ0n) is 15.2. The first kappa shape index (κ1) is 17.9. The quantitative estimate of drug-likeness (QED) is 0.738. The summed E-state index contributed by atoms with van der Waals surface area (Å²) in [5.41, 5.74) is 2.92. The van der Waals surface area contributed by atoms with Gasteiger partial charge in [-0.15, -0.1) is 0 Å². The molecule has 0 aliphatic heterocycles. The first-order valence-electron chi connectivity index (χ1n) is 8.90. The van der Waals surface area contributed by atoms with E-state index in [4.69, 9.17) is 0 Å². The van der Waals surface area contributed by atoms with Gasteiger partial charge in [0.15, 0.2) is 0 Å². The van der Waals surface area contributed by atoms with E-state index in [-0.39, 0.29) is 18.0 Å². The Morgan fingerprint density at radius 2 is 2.08 bits per heavy atom. The van der Waals surface area contributed by atoms with Gasteiger partial charge < -0.3 is 9.88 Å². The fourth-order valence-electron chi connectivity index (χ4n) is 2.97. The molecule has 1 aromatic carbocycles. The molecule has 0 aliphatic carbocycles. The number of amides is 1. The first-order chi connectivity index (χ1) is 12.6. The lowest BCUT2D eigenvalue weighted by atomic mass is 10.1. The highest BCUT2D eigenvalue weighted by Gasteiger charge is 2.17. The number of fused-ring (bicyclic) bond motifs is 1. The molecule has 3 aromatic rings. The number of pyridine rings is 2. The molecule has 5 heteroatoms. The Bertz CT molecular complexity index is 964. The lowest BCUT2D eigenvalue weighted by molar-refractivity contribution is 0.0740. The fraction of sp³-hybridized carbons (Fsp3) is 0.286. The Morgan fingerprint density at radius 3 is 2.81 bits per heavy atom. The topological polar surface area (TPSA) is 66.1 Å². The largest absolute Gasteiger partial charge is 0.334 e. The number of aromatic amines is 1. The van der Waals surface area contributed by atoms with Crippen molar-refractivity contribution in [1.82, 2.24) is 14.9 Å². The van der Waals surface area contributed by atoms with Crippen molar-refractivity contribution in [3.05, 3.63) is 75.8 Å². The Balaban J connectivity index is 1.93. The van der Waals surface area contributed by atoms with Gasteiger partial charge in [0.1, 0.15) is 0 Å². The molecule has 5 nitrogen and oxygen atoms in total. The first-order valence-corrected chi connectivity index (χ1v) is 8.90. The number of hydrogen-bond acceptors (Lipinski definition) is 3. The molecule has 0 spiro atoms. The molecular weight excluding hydrogens is 326 g/mol. The molecule has 0 aliphatic rings. The van der Waals surface area contributed by atoms with E-state index < -0.39 is 0 Å². The summed E-state index contributed by atoms with van der Waals surface area (Å²) in [5, 5.41) is 0.976. The second-order valence-electron chi connectivity index (χ2n) is 6.54. The van der Waals surface area contributed by atoms with E-state index in [1.807, 2.05) is 31.2 Å². The second kappa shape index (κ2) is 7.95. The number of carbonyl (C=O) groups excluding carboxylic acids is 1. The van der Waals surface area contributed by atoms with Crippen molar-refractivity contribution in [1.29, 1.82) is 0 Å². The summed E-state index contributed by atoms with van der Waals surface area (Å²) < 4.78 is 0. The van der Waals surface area contributed by atoms with Gasteiger partial charge >= 0.3 is 0 Å². The van der Waals surface area contributed by atoms with Crippen molar-refractivity contribution >= 4 is 16.8 Å². The Labute approximate surface area is 152 Å². The second-order valence-corrected chi connectivity index (χ2v) is 6.54. The summed E-state index contributed by atoms with van der Waals surface area (Å²) in [7, 11) is 0. The minimum absolute atomic E-state index is 0.102. The van der Waals surface area contributed by atoms with Crippen LogP contribution in [0.3, 0.4) is 0 Å². The summed E-state index contributed by atoms with van der Waals surface area (Å²) in [5.74, 6) is -0.102. The third-order valence-corrected chi connectivity index (χ3v) is 4.42. The molecule has 0 bridgehead atoms. The van der Waals surface area contributed by atoms with Crippen molar-refractivity contribution in [3.63, 3.8) is 0 Å². The molecule has 0 saturated heterocycles. The maximum Gasteiger partial charge on any atom is 0.255 e. The molecule has 0 unspecified atom stereocenters. The Hall–Kier alpha value is -2.95. The molecule has 1 N–H and O–H groups in total. The van der Waals surface area contributed by atoms with Crippen LogP contribution in [0.1, 0.15) is 41.3 Å². The van der Waals surface area contributed by atoms with Crippen LogP contribution in [0.2, 0.25) is 0 Å². The van der Waals surface area contributed by atoms with Crippen LogP contribution < -0.4 is 5.56 Å². The van der Waals surface area contributed by atoms with Gasteiger partial charge in [-0.05, 0) is 49.1 Å². The van der Waals surface area contributed by atoms with Gasteiger partial charge in [0.05, 0.1) is 12.1 Å². The van der Waals surface area contributed by atoms with Crippen LogP contribution in [0.5, 0.6) is 0 Å². The van der Waals surface area contributed by atoms with Crippen LogP contribution in [0.4, 0.5) is 0 Å². The normalized spacial score (nSPS) is 10.8. The van der Waals surface area contributed by atoms with Crippen LogP contribution >= 0.6 is 0 Å². The molecule has 0 fully saturated rings. The van der Waals surface area contributed by atoms with E-state index in [2.05, 4.69) is 16.9 Å². The van der Waals surface area contributed by atoms with Gasteiger partial charge in [-0.2, -0.15) is 0 Å². The molecule has 26 heavy (non-hydrogen) atoms. The lowest BCUT2D eigenvalue weighted by Crippen LogP contribution is -2.33. The van der Waals surface area contributed by atoms with E-state index in [1.165, 1.54) is 0 Å². The Kier molecular flexibility index (Phi) is 5.46. The molecule has 1 amide bonds. The van der Waals surface area contributed by atoms with E-state index in [0.717, 1.165) is 29.3 Å². The summed E-state index contributed by atoms with van der Waals surface area (Å²) in [6.45, 7) is 4.99. The number of H-pyrrole nitrogens is 1. The van der Waals surface area contributed by atoms with Crippen molar-refractivity contribution in [3.8, 4) is 0 Å². The van der Waals surface area contributed by atoms with E-state index in [9.17, 15) is 9.59 Å². The number of aromatic nitrogens is 2. The summed E-state index contributed by atoms with van der Waals surface area (Å²) >= 11 is 0. The number of aryl methyl sites for hydroxylation is 1. The molecule has 0 atom stereocenters. The van der Waals surface area contributed by atoms with Crippen molar-refractivity contribution in [2.24, 2.45) is 0 Å². The van der Waals surface area contributed by atoms with Gasteiger partial charge in [0.2, 0.25) is 0 Å². The van der Waals surface area contributed by atoms with Crippen molar-refractivity contribution < 1.29 is 4.79 Å². The number of nitrogens with zero attached hydrogens (tertiary/aromatic N) is 2. The summed E-state index contributed by atoms with van der Waals surface area (Å²) in [6.07, 6.45) is 5.07. The third kappa shape index (κ3) is 3.99. The number of nitrogens with one attached hydrogen (secondary N) is 1. The zero-order chi connectivity index (χ0) is 18.5. The lowest BCUT2D eigenvalue weighted by Gasteiger charge is -2.22. The standard InChI is InChI=1S/C21H23N3O2/c1-3-4-10-24(21(26)16-6-5-9-22-13-16)14-18-12-17-11-15(2)7-8-19(17)23-20(18)25/h5-9,11-13H,3-4,10,14H2,1-2H3,(H,23,25). The maximum absolute atomic E-state index is 12.9. The fourth-order valence-corrected chi connectivity index (χ4v) is 2.97. The highest BCUT2D eigenvalue weighted by atomic mass is 16.2. The van der Waals surface area contributed by atoms with Crippen LogP contribution in [0.15, 0.2) is 53.6 Å². The van der Waals surface area contributed by atoms with Crippen molar-refractivity contribution in [2.45, 2.75) is 33.2 Å². The smallest absolute Gasteiger partial charge is 0.255 e. The summed E-state index contributed by atoms with van der Waals surface area (Å²) in [4.78, 5) is 34.0. The van der Waals surface area contributed by atoms with Gasteiger partial charge in [0.25, 0.3) is 11.5 Å². The number of benzene rings is 1. The predicted octanol–water partition coefficient (Wildman–Crippen LogP) is 3.67. The van der Waals surface area contributed by atoms with Gasteiger partial charge in [-0.1, -0.05) is 25.0 Å². The van der Waals surface area contributed by atoms with Crippen LogP contribution in [-0.4, -0.2) is 27.3 Å². The minimum atomic E-state index is -0.151. The molecule has 2 aromatic heterocycles. The van der Waals surface area contributed by atoms with Gasteiger partial charge in [-0.3, -0.25) is 14.6 Å². The van der Waals surface area contributed by atoms with Crippen LogP contribution in [0.25, 0.3) is 10.9 Å². The van der Waals surface area contributed by atoms with Crippen molar-refractivity contribution in [2.75, 3.05) is 6.54 Å². The zero-order valence-corrected chi connectivity index (χ0v) is 15.2. The highest BCUT2D eigenvalue weighted by Crippen LogP contribution is 2.15. The summed E-state index contributed by atoms with van der Waals surface area (Å²) in [6, 6.07) is 11.3.